The highest BCUT2D eigenvalue weighted by Gasteiger charge is 2.19. The molecule has 0 bridgehead atoms. The first-order chi connectivity index (χ1) is 10.8. The van der Waals surface area contributed by atoms with Gasteiger partial charge in [0.25, 0.3) is 10.0 Å². The van der Waals surface area contributed by atoms with E-state index in [1.165, 1.54) is 22.8 Å². The Balaban J connectivity index is 1.99. The molecule has 0 saturated carbocycles. The lowest BCUT2D eigenvalue weighted by molar-refractivity contribution is 0.243. The number of carbonyl (C=O) groups is 1. The Labute approximate surface area is 139 Å². The summed E-state index contributed by atoms with van der Waals surface area (Å²) in [4.78, 5) is 18.1. The first kappa shape index (κ1) is 17.2. The van der Waals surface area contributed by atoms with Crippen LogP contribution in [-0.2, 0) is 10.0 Å². The van der Waals surface area contributed by atoms with Crippen LogP contribution >= 0.6 is 11.3 Å². The van der Waals surface area contributed by atoms with Gasteiger partial charge in [-0.05, 0) is 30.0 Å². The normalized spacial score (nSPS) is 12.5. The van der Waals surface area contributed by atoms with Crippen molar-refractivity contribution in [2.75, 3.05) is 19.0 Å². The van der Waals surface area contributed by atoms with Crippen molar-refractivity contribution >= 4 is 33.2 Å². The summed E-state index contributed by atoms with van der Waals surface area (Å²) in [6.45, 7) is 1.75. The summed E-state index contributed by atoms with van der Waals surface area (Å²) in [6.07, 6.45) is 1.65. The predicted molar refractivity (Wildman–Crippen MR) is 90.2 cm³/mol. The molecule has 23 heavy (non-hydrogen) atoms. The number of nitrogens with one attached hydrogen (secondary N) is 2. The second-order valence-corrected chi connectivity index (χ2v) is 7.57. The minimum atomic E-state index is -3.84. The van der Waals surface area contributed by atoms with Crippen molar-refractivity contribution < 1.29 is 13.2 Å². The molecule has 2 aromatic heterocycles. The molecule has 9 heteroatoms. The van der Waals surface area contributed by atoms with E-state index in [0.29, 0.717) is 0 Å². The molecule has 0 aliphatic carbocycles. The summed E-state index contributed by atoms with van der Waals surface area (Å²) in [6, 6.07) is 3.94. The smallest absolute Gasteiger partial charge is 0.329 e. The maximum absolute atomic E-state index is 12.0. The summed E-state index contributed by atoms with van der Waals surface area (Å²) < 4.78 is 25.9. The second kappa shape index (κ2) is 6.97. The van der Waals surface area contributed by atoms with E-state index < -0.39 is 16.1 Å². The van der Waals surface area contributed by atoms with Gasteiger partial charge in [0.05, 0.1) is 10.9 Å². The summed E-state index contributed by atoms with van der Waals surface area (Å²) in [5, 5.41) is 5.68. The van der Waals surface area contributed by atoms with Crippen LogP contribution in [0, 0.1) is 0 Å². The number of pyridine rings is 1. The third kappa shape index (κ3) is 4.42. The summed E-state index contributed by atoms with van der Waals surface area (Å²) >= 11 is 1.24. The third-order valence-electron chi connectivity index (χ3n) is 3.11. The topological polar surface area (TPSA) is 91.4 Å². The van der Waals surface area contributed by atoms with Crippen molar-refractivity contribution in [3.05, 3.63) is 40.7 Å². The van der Waals surface area contributed by atoms with Crippen molar-refractivity contribution in [2.24, 2.45) is 0 Å². The fourth-order valence-corrected chi connectivity index (χ4v) is 3.76. The van der Waals surface area contributed by atoms with Crippen molar-refractivity contribution in [2.45, 2.75) is 17.9 Å². The monoisotopic (exact) mass is 354 g/mol. The lowest BCUT2D eigenvalue weighted by atomic mass is 10.1. The molecule has 0 spiro atoms. The van der Waals surface area contributed by atoms with Crippen molar-refractivity contribution in [1.29, 1.82) is 0 Å². The van der Waals surface area contributed by atoms with Gasteiger partial charge in [-0.15, -0.1) is 0 Å². The number of hydrogen-bond donors (Lipinski definition) is 2. The van der Waals surface area contributed by atoms with E-state index in [4.69, 9.17) is 0 Å². The molecule has 0 aromatic carbocycles. The van der Waals surface area contributed by atoms with Gasteiger partial charge in [-0.25, -0.2) is 22.9 Å². The zero-order valence-corrected chi connectivity index (χ0v) is 14.6. The molecule has 2 amide bonds. The van der Waals surface area contributed by atoms with Crippen LogP contribution in [0.3, 0.4) is 0 Å². The highest BCUT2D eigenvalue weighted by atomic mass is 32.2. The van der Waals surface area contributed by atoms with E-state index in [2.05, 4.69) is 10.3 Å². The second-order valence-electron chi connectivity index (χ2n) is 5.10. The van der Waals surface area contributed by atoms with Gasteiger partial charge in [0.15, 0.2) is 0 Å². The Morgan fingerprint density at radius 1 is 1.30 bits per heavy atom. The minimum absolute atomic E-state index is 0.0716. The molecule has 0 aliphatic rings. The first-order valence-corrected chi connectivity index (χ1v) is 9.21. The molecule has 124 valence electrons. The molecule has 0 radical (unpaired) electrons. The standard InChI is InChI=1S/C14H18N4O3S2/c1-10(11-4-5-13(15-8-11)18(2)3)16-14(19)17-23(20,21)12-6-7-22-9-12/h4-10H,1-3H3,(H2,16,17,19). The molecule has 0 saturated heterocycles. The van der Waals surface area contributed by atoms with Crippen molar-refractivity contribution in [3.8, 4) is 0 Å². The van der Waals surface area contributed by atoms with Gasteiger partial charge in [-0.3, -0.25) is 0 Å². The molecule has 0 fully saturated rings. The van der Waals surface area contributed by atoms with Crippen LogP contribution in [0.15, 0.2) is 40.1 Å². The van der Waals surface area contributed by atoms with Crippen LogP contribution in [0.5, 0.6) is 0 Å². The van der Waals surface area contributed by atoms with E-state index >= 15 is 0 Å². The average molecular weight is 354 g/mol. The van der Waals surface area contributed by atoms with Gasteiger partial charge in [0, 0.05) is 25.7 Å². The maximum Gasteiger partial charge on any atom is 0.329 e. The first-order valence-electron chi connectivity index (χ1n) is 6.78. The number of carbonyl (C=O) groups excluding carboxylic acids is 1. The summed E-state index contributed by atoms with van der Waals surface area (Å²) in [5.74, 6) is 0.797. The quantitative estimate of drug-likeness (QED) is 0.856. The van der Waals surface area contributed by atoms with Crippen LogP contribution in [0.1, 0.15) is 18.5 Å². The number of nitrogens with zero attached hydrogens (tertiary/aromatic N) is 2. The third-order valence-corrected chi connectivity index (χ3v) is 5.27. The number of hydrogen-bond acceptors (Lipinski definition) is 6. The highest BCUT2D eigenvalue weighted by molar-refractivity contribution is 7.90. The van der Waals surface area contributed by atoms with Crippen molar-refractivity contribution in [1.82, 2.24) is 15.0 Å². The fourth-order valence-electron chi connectivity index (χ4n) is 1.81. The molecule has 7 nitrogen and oxygen atoms in total. The average Bonchev–Trinajstić information content (AvgIpc) is 3.01. The molecule has 1 unspecified atom stereocenters. The van der Waals surface area contributed by atoms with Crippen LogP contribution in [0.25, 0.3) is 0 Å². The Kier molecular flexibility index (Phi) is 5.22. The number of thiophene rings is 1. The van der Waals surface area contributed by atoms with Gasteiger partial charge in [-0.2, -0.15) is 11.3 Å². The van der Waals surface area contributed by atoms with Gasteiger partial charge < -0.3 is 10.2 Å². The van der Waals surface area contributed by atoms with Crippen LogP contribution < -0.4 is 14.9 Å². The number of amides is 2. The number of rotatable bonds is 5. The van der Waals surface area contributed by atoms with Crippen molar-refractivity contribution in [3.63, 3.8) is 0 Å². The number of sulfonamides is 1. The van der Waals surface area contributed by atoms with Crippen LogP contribution in [-0.4, -0.2) is 33.5 Å². The van der Waals surface area contributed by atoms with Gasteiger partial charge in [-0.1, -0.05) is 6.07 Å². The number of anilines is 1. The molecule has 2 heterocycles. The lowest BCUT2D eigenvalue weighted by Gasteiger charge is -2.16. The lowest BCUT2D eigenvalue weighted by Crippen LogP contribution is -2.40. The molecular formula is C14H18N4O3S2. The Morgan fingerprint density at radius 3 is 2.57 bits per heavy atom. The molecule has 2 aromatic rings. The van der Waals surface area contributed by atoms with E-state index in [1.807, 2.05) is 35.9 Å². The van der Waals surface area contributed by atoms with Gasteiger partial charge in [0.1, 0.15) is 5.82 Å². The molecule has 1 atom stereocenters. The van der Waals surface area contributed by atoms with E-state index in [9.17, 15) is 13.2 Å². The Hall–Kier alpha value is -2.13. The van der Waals surface area contributed by atoms with E-state index in [-0.39, 0.29) is 10.9 Å². The zero-order valence-electron chi connectivity index (χ0n) is 13.0. The Morgan fingerprint density at radius 2 is 2.04 bits per heavy atom. The molecular weight excluding hydrogens is 336 g/mol. The summed E-state index contributed by atoms with van der Waals surface area (Å²) in [5.41, 5.74) is 0.777. The SMILES string of the molecule is CC(NC(=O)NS(=O)(=O)c1ccsc1)c1ccc(N(C)C)nc1. The molecule has 2 N–H and O–H groups in total. The zero-order chi connectivity index (χ0) is 17.0. The fraction of sp³-hybridized carbons (Fsp3) is 0.286. The minimum Gasteiger partial charge on any atom is -0.363 e. The summed E-state index contributed by atoms with van der Waals surface area (Å²) in [7, 11) is -0.0731. The maximum atomic E-state index is 12.0. The predicted octanol–water partition coefficient (Wildman–Crippen LogP) is 1.96. The van der Waals surface area contributed by atoms with Crippen LogP contribution in [0.4, 0.5) is 10.6 Å². The molecule has 0 aliphatic heterocycles. The largest absolute Gasteiger partial charge is 0.363 e. The Bertz CT molecular complexity index is 756. The van der Waals surface area contributed by atoms with E-state index in [0.717, 1.165) is 11.4 Å². The van der Waals surface area contributed by atoms with Crippen LogP contribution in [0.2, 0.25) is 0 Å². The van der Waals surface area contributed by atoms with Gasteiger partial charge >= 0.3 is 6.03 Å². The highest BCUT2D eigenvalue weighted by Crippen LogP contribution is 2.15. The van der Waals surface area contributed by atoms with E-state index in [1.54, 1.807) is 18.5 Å². The number of urea groups is 1. The number of aromatic nitrogens is 1. The van der Waals surface area contributed by atoms with Gasteiger partial charge in [0.2, 0.25) is 0 Å². The molecule has 2 rings (SSSR count).